The van der Waals surface area contributed by atoms with Crippen LogP contribution in [0.3, 0.4) is 0 Å². The van der Waals surface area contributed by atoms with Crippen molar-refractivity contribution >= 4 is 31.9 Å². The van der Waals surface area contributed by atoms with Gasteiger partial charge in [0.1, 0.15) is 6.61 Å². The van der Waals surface area contributed by atoms with Crippen molar-refractivity contribution in [2.24, 2.45) is 5.41 Å². The fourth-order valence-electron chi connectivity index (χ4n) is 0.787. The van der Waals surface area contributed by atoms with Crippen LogP contribution in [0.15, 0.2) is 0 Å². The zero-order chi connectivity index (χ0) is 11.2. The van der Waals surface area contributed by atoms with E-state index in [0.717, 1.165) is 6.42 Å². The molecule has 1 nitrogen and oxygen atoms in total. The molecule has 0 aromatic heterocycles. The zero-order valence-corrected chi connectivity index (χ0v) is 11.0. The number of alkyl halides is 5. The van der Waals surface area contributed by atoms with Gasteiger partial charge >= 0.3 is 6.18 Å². The van der Waals surface area contributed by atoms with E-state index in [0.29, 0.717) is 10.7 Å². The number of ether oxygens (including phenoxy) is 1. The predicted molar refractivity (Wildman–Crippen MR) is 57.2 cm³/mol. The van der Waals surface area contributed by atoms with Crippen molar-refractivity contribution in [1.82, 2.24) is 0 Å². The summed E-state index contributed by atoms with van der Waals surface area (Å²) in [5.74, 6) is 0. The third-order valence-corrected chi connectivity index (χ3v) is 4.37. The lowest BCUT2D eigenvalue weighted by atomic mass is 9.91. The highest BCUT2D eigenvalue weighted by Crippen LogP contribution is 2.28. The molecule has 0 aliphatic rings. The Balaban J connectivity index is 3.95. The highest BCUT2D eigenvalue weighted by atomic mass is 79.9. The summed E-state index contributed by atoms with van der Waals surface area (Å²) in [4.78, 5) is 0. The number of hydrogen-bond acceptors (Lipinski definition) is 1. The Hall–Kier alpha value is 0.710. The molecule has 0 aromatic carbocycles. The molecular formula is C8H13Br2F3O. The van der Waals surface area contributed by atoms with E-state index in [4.69, 9.17) is 0 Å². The molecule has 0 saturated heterocycles. The van der Waals surface area contributed by atoms with Gasteiger partial charge in [0.25, 0.3) is 0 Å². The Bertz CT molecular complexity index is 149. The molecule has 14 heavy (non-hydrogen) atoms. The summed E-state index contributed by atoms with van der Waals surface area (Å²) in [6, 6.07) is 0. The fraction of sp³-hybridized carbons (Fsp3) is 1.00. The van der Waals surface area contributed by atoms with E-state index in [1.807, 2.05) is 6.92 Å². The zero-order valence-electron chi connectivity index (χ0n) is 7.83. The average molecular weight is 342 g/mol. The van der Waals surface area contributed by atoms with Gasteiger partial charge in [-0.15, -0.1) is 0 Å². The van der Waals surface area contributed by atoms with Gasteiger partial charge in [0.15, 0.2) is 0 Å². The van der Waals surface area contributed by atoms with Gasteiger partial charge in [-0.2, -0.15) is 13.2 Å². The van der Waals surface area contributed by atoms with Crippen LogP contribution in [0.25, 0.3) is 0 Å². The quantitative estimate of drug-likeness (QED) is 0.668. The van der Waals surface area contributed by atoms with Crippen molar-refractivity contribution in [3.05, 3.63) is 0 Å². The van der Waals surface area contributed by atoms with Crippen LogP contribution < -0.4 is 0 Å². The van der Waals surface area contributed by atoms with Gasteiger partial charge in [-0.05, 0) is 6.42 Å². The minimum absolute atomic E-state index is 0.111. The summed E-state index contributed by atoms with van der Waals surface area (Å²) >= 11 is 6.57. The molecule has 0 fully saturated rings. The molecule has 0 aliphatic heterocycles. The third-order valence-electron chi connectivity index (χ3n) is 1.99. The Labute approximate surface area is 98.6 Å². The standard InChI is InChI=1S/C8H13Br2F3O/c1-2-7(3-9,4-10)5-14-6-8(11,12)13/h2-6H2,1H3. The van der Waals surface area contributed by atoms with Gasteiger partial charge in [-0.1, -0.05) is 38.8 Å². The lowest BCUT2D eigenvalue weighted by Crippen LogP contribution is -2.32. The smallest absolute Gasteiger partial charge is 0.371 e. The van der Waals surface area contributed by atoms with E-state index < -0.39 is 12.8 Å². The Morgan fingerprint density at radius 3 is 1.86 bits per heavy atom. The van der Waals surface area contributed by atoms with Crippen molar-refractivity contribution in [2.45, 2.75) is 19.5 Å². The van der Waals surface area contributed by atoms with Crippen molar-refractivity contribution < 1.29 is 17.9 Å². The van der Waals surface area contributed by atoms with Crippen molar-refractivity contribution in [3.8, 4) is 0 Å². The third kappa shape index (κ3) is 5.56. The summed E-state index contributed by atoms with van der Waals surface area (Å²) in [6.07, 6.45) is -3.47. The molecule has 0 N–H and O–H groups in total. The largest absolute Gasteiger partial charge is 0.411 e. The maximum absolute atomic E-state index is 11.8. The van der Waals surface area contributed by atoms with E-state index in [1.165, 1.54) is 0 Å². The summed E-state index contributed by atoms with van der Waals surface area (Å²) in [6.45, 7) is 0.869. The van der Waals surface area contributed by atoms with Crippen LogP contribution in [0.1, 0.15) is 13.3 Å². The molecule has 0 spiro atoms. The Morgan fingerprint density at radius 2 is 1.57 bits per heavy atom. The molecule has 86 valence electrons. The lowest BCUT2D eigenvalue weighted by Gasteiger charge is -2.28. The first-order valence-corrected chi connectivity index (χ1v) is 6.40. The second kappa shape index (κ2) is 6.33. The normalized spacial score (nSPS) is 13.3. The van der Waals surface area contributed by atoms with Crippen LogP contribution in [-0.2, 0) is 4.74 Å². The average Bonchev–Trinajstić information content (AvgIpc) is 2.11. The molecule has 0 rings (SSSR count). The molecule has 0 unspecified atom stereocenters. The Kier molecular flexibility index (Phi) is 6.65. The van der Waals surface area contributed by atoms with Crippen LogP contribution in [-0.4, -0.2) is 30.1 Å². The minimum Gasteiger partial charge on any atom is -0.371 e. The van der Waals surface area contributed by atoms with E-state index in [1.54, 1.807) is 0 Å². The molecule has 6 heteroatoms. The topological polar surface area (TPSA) is 9.23 Å². The molecule has 0 aliphatic carbocycles. The molecule has 0 heterocycles. The van der Waals surface area contributed by atoms with Gasteiger partial charge in [0.05, 0.1) is 6.61 Å². The van der Waals surface area contributed by atoms with Gasteiger partial charge in [-0.25, -0.2) is 0 Å². The second-order valence-corrected chi connectivity index (χ2v) is 4.35. The van der Waals surface area contributed by atoms with Crippen LogP contribution in [0.5, 0.6) is 0 Å². The van der Waals surface area contributed by atoms with Crippen LogP contribution in [0.2, 0.25) is 0 Å². The van der Waals surface area contributed by atoms with Gasteiger partial charge in [-0.3, -0.25) is 0 Å². The van der Waals surface area contributed by atoms with E-state index in [9.17, 15) is 13.2 Å². The second-order valence-electron chi connectivity index (χ2n) is 3.23. The highest BCUT2D eigenvalue weighted by Gasteiger charge is 2.31. The molecule has 0 aromatic rings. The predicted octanol–water partition coefficient (Wildman–Crippen LogP) is 3.75. The maximum atomic E-state index is 11.8. The lowest BCUT2D eigenvalue weighted by molar-refractivity contribution is -0.179. The van der Waals surface area contributed by atoms with Crippen molar-refractivity contribution in [2.75, 3.05) is 23.9 Å². The first-order chi connectivity index (χ1) is 6.39. The SMILES string of the molecule is CCC(CBr)(CBr)COCC(F)(F)F. The first-order valence-electron chi connectivity index (χ1n) is 4.15. The molecule has 0 radical (unpaired) electrons. The van der Waals surface area contributed by atoms with Crippen LogP contribution in [0.4, 0.5) is 13.2 Å². The summed E-state index contributed by atoms with van der Waals surface area (Å²) in [7, 11) is 0. The summed E-state index contributed by atoms with van der Waals surface area (Å²) in [5.41, 5.74) is -0.245. The van der Waals surface area contributed by atoms with E-state index in [-0.39, 0.29) is 12.0 Å². The van der Waals surface area contributed by atoms with Crippen LogP contribution in [0, 0.1) is 5.41 Å². The van der Waals surface area contributed by atoms with E-state index >= 15 is 0 Å². The maximum Gasteiger partial charge on any atom is 0.411 e. The molecule has 0 atom stereocenters. The fourth-order valence-corrected chi connectivity index (χ4v) is 2.83. The molecular weight excluding hydrogens is 329 g/mol. The summed E-state index contributed by atoms with van der Waals surface area (Å²) in [5, 5.41) is 1.25. The number of rotatable bonds is 6. The van der Waals surface area contributed by atoms with Gasteiger partial charge < -0.3 is 4.74 Å². The van der Waals surface area contributed by atoms with Crippen LogP contribution >= 0.6 is 31.9 Å². The molecule has 0 saturated carbocycles. The Morgan fingerprint density at radius 1 is 1.07 bits per heavy atom. The molecule has 0 bridgehead atoms. The number of hydrogen-bond donors (Lipinski definition) is 0. The first kappa shape index (κ1) is 14.7. The summed E-state index contributed by atoms with van der Waals surface area (Å²) < 4.78 is 40.0. The monoisotopic (exact) mass is 340 g/mol. The highest BCUT2D eigenvalue weighted by molar-refractivity contribution is 9.09. The van der Waals surface area contributed by atoms with Crippen molar-refractivity contribution in [3.63, 3.8) is 0 Å². The minimum atomic E-state index is -4.24. The van der Waals surface area contributed by atoms with E-state index in [2.05, 4.69) is 36.6 Å². The van der Waals surface area contributed by atoms with Gasteiger partial charge in [0, 0.05) is 16.1 Å². The van der Waals surface area contributed by atoms with Gasteiger partial charge in [0.2, 0.25) is 0 Å². The van der Waals surface area contributed by atoms with Crippen molar-refractivity contribution in [1.29, 1.82) is 0 Å². The number of halogens is 5. The molecule has 0 amide bonds.